The van der Waals surface area contributed by atoms with Crippen LogP contribution >= 0.6 is 0 Å². The Labute approximate surface area is 218 Å². The largest absolute Gasteiger partial charge is 0.393 e. The number of aliphatic hydroxyl groups is 1. The van der Waals surface area contributed by atoms with Gasteiger partial charge >= 0.3 is 0 Å². The minimum Gasteiger partial charge on any atom is -0.393 e. The van der Waals surface area contributed by atoms with Crippen LogP contribution in [0.2, 0.25) is 0 Å². The van der Waals surface area contributed by atoms with Crippen LogP contribution in [0.25, 0.3) is 0 Å². The lowest BCUT2D eigenvalue weighted by atomic mass is 10.1. The summed E-state index contributed by atoms with van der Waals surface area (Å²) < 4.78 is 31.0. The summed E-state index contributed by atoms with van der Waals surface area (Å²) in [6, 6.07) is 18.1. The third kappa shape index (κ3) is 5.92. The van der Waals surface area contributed by atoms with Crippen LogP contribution in [0.1, 0.15) is 23.3 Å². The molecule has 0 saturated carbocycles. The molecule has 0 atom stereocenters. The van der Waals surface area contributed by atoms with E-state index in [2.05, 4.69) is 25.9 Å². The molecule has 0 bridgehead atoms. The van der Waals surface area contributed by atoms with Gasteiger partial charge in [-0.15, -0.1) is 0 Å². The summed E-state index contributed by atoms with van der Waals surface area (Å²) in [6.07, 6.45) is 2.94. The number of amides is 1. The normalized spacial score (nSPS) is 13.8. The number of nitrogens with zero attached hydrogens (tertiary/aromatic N) is 3. The molecule has 1 aromatic heterocycles. The molecule has 38 heavy (non-hydrogen) atoms. The highest BCUT2D eigenvalue weighted by Crippen LogP contribution is 2.29. The zero-order valence-corrected chi connectivity index (χ0v) is 20.8. The second-order valence-corrected chi connectivity index (χ2v) is 9.23. The lowest BCUT2D eigenvalue weighted by molar-refractivity contribution is 0.102. The highest BCUT2D eigenvalue weighted by Gasteiger charge is 2.17. The summed E-state index contributed by atoms with van der Waals surface area (Å²) in [6.45, 7) is 1.63. The van der Waals surface area contributed by atoms with Gasteiger partial charge in [-0.3, -0.25) is 9.48 Å². The number of carbonyl (C=O) groups is 1. The van der Waals surface area contributed by atoms with E-state index >= 15 is 0 Å². The van der Waals surface area contributed by atoms with Crippen molar-refractivity contribution >= 4 is 40.0 Å². The van der Waals surface area contributed by atoms with E-state index < -0.39 is 17.5 Å². The summed E-state index contributed by atoms with van der Waals surface area (Å²) in [7, 11) is 1.69. The van der Waals surface area contributed by atoms with Crippen molar-refractivity contribution in [3.05, 3.63) is 90.3 Å². The zero-order valence-electron chi connectivity index (χ0n) is 20.8. The Kier molecular flexibility index (Phi) is 7.23. The molecule has 3 aromatic carbocycles. The fourth-order valence-electron chi connectivity index (χ4n) is 4.31. The Morgan fingerprint density at radius 2 is 1.47 bits per heavy atom. The van der Waals surface area contributed by atoms with Gasteiger partial charge < -0.3 is 26.0 Å². The molecular weight excluding hydrogens is 490 g/mol. The quantitative estimate of drug-likeness (QED) is 0.262. The molecule has 1 fully saturated rings. The van der Waals surface area contributed by atoms with Crippen LogP contribution in [0.3, 0.4) is 0 Å². The van der Waals surface area contributed by atoms with E-state index in [4.69, 9.17) is 0 Å². The molecule has 4 N–H and O–H groups in total. The van der Waals surface area contributed by atoms with E-state index in [-0.39, 0.29) is 28.9 Å². The molecule has 10 heteroatoms. The van der Waals surface area contributed by atoms with Crippen LogP contribution in [0.4, 0.5) is 42.9 Å². The number of nitrogens with one attached hydrogen (secondary N) is 3. The standard InChI is InChI=1S/C28H28F2N6O2/c1-35-13-12-27(34-35)28(38)32-20-5-9-26(24(30)17-20)33-25-8-4-19(16-23(25)29)31-18-2-6-21(7-3-18)36-14-10-22(37)11-15-36/h2-9,12-13,16-17,22,31,33,37H,10-11,14-15H2,1H3,(H,32,38). The van der Waals surface area contributed by atoms with Crippen molar-refractivity contribution in [1.29, 1.82) is 0 Å². The predicted molar refractivity (Wildman–Crippen MR) is 144 cm³/mol. The number of benzene rings is 3. The van der Waals surface area contributed by atoms with Gasteiger partial charge in [0.1, 0.15) is 11.6 Å². The monoisotopic (exact) mass is 518 g/mol. The molecule has 5 rings (SSSR count). The first kappa shape index (κ1) is 25.2. The molecule has 4 aromatic rings. The van der Waals surface area contributed by atoms with Crippen LogP contribution in [0.5, 0.6) is 0 Å². The highest BCUT2D eigenvalue weighted by atomic mass is 19.1. The first-order chi connectivity index (χ1) is 18.3. The second-order valence-electron chi connectivity index (χ2n) is 9.23. The molecule has 196 valence electrons. The van der Waals surface area contributed by atoms with Gasteiger partial charge in [0, 0.05) is 49.1 Å². The predicted octanol–water partition coefficient (Wildman–Crippen LogP) is 5.40. The van der Waals surface area contributed by atoms with Gasteiger partial charge in [-0.05, 0) is 79.6 Å². The number of aryl methyl sites for hydroxylation is 1. The molecule has 1 amide bonds. The maximum atomic E-state index is 14.8. The number of rotatable bonds is 7. The number of carbonyl (C=O) groups excluding carboxylic acids is 1. The van der Waals surface area contributed by atoms with E-state index in [0.717, 1.165) is 43.4 Å². The molecule has 0 spiro atoms. The average molecular weight is 519 g/mol. The Morgan fingerprint density at radius 1 is 0.868 bits per heavy atom. The minimum absolute atomic E-state index is 0.0706. The van der Waals surface area contributed by atoms with Crippen molar-refractivity contribution in [2.24, 2.45) is 7.05 Å². The van der Waals surface area contributed by atoms with Gasteiger partial charge in [-0.25, -0.2) is 8.78 Å². The first-order valence-corrected chi connectivity index (χ1v) is 12.3. The van der Waals surface area contributed by atoms with Crippen molar-refractivity contribution in [2.75, 3.05) is 33.9 Å². The van der Waals surface area contributed by atoms with Gasteiger partial charge in [0.25, 0.3) is 5.91 Å². The van der Waals surface area contributed by atoms with Crippen LogP contribution in [-0.2, 0) is 7.05 Å². The summed E-state index contributed by atoms with van der Waals surface area (Å²) >= 11 is 0. The van der Waals surface area contributed by atoms with Crippen LogP contribution in [-0.4, -0.2) is 40.0 Å². The van der Waals surface area contributed by atoms with E-state index in [9.17, 15) is 18.7 Å². The molecule has 0 radical (unpaired) electrons. The van der Waals surface area contributed by atoms with Crippen LogP contribution in [0.15, 0.2) is 72.9 Å². The van der Waals surface area contributed by atoms with Crippen molar-refractivity contribution in [2.45, 2.75) is 18.9 Å². The zero-order chi connectivity index (χ0) is 26.6. The lowest BCUT2D eigenvalue weighted by Gasteiger charge is -2.31. The van der Waals surface area contributed by atoms with Crippen molar-refractivity contribution in [1.82, 2.24) is 9.78 Å². The molecule has 1 aliphatic heterocycles. The number of aliphatic hydroxyl groups excluding tert-OH is 1. The Bertz CT molecular complexity index is 1430. The van der Waals surface area contributed by atoms with Crippen LogP contribution in [0, 0.1) is 11.6 Å². The molecular formula is C28H28F2N6O2. The Balaban J connectivity index is 1.20. The maximum Gasteiger partial charge on any atom is 0.276 e. The lowest BCUT2D eigenvalue weighted by Crippen LogP contribution is -2.35. The maximum absolute atomic E-state index is 14.8. The van der Waals surface area contributed by atoms with E-state index in [1.54, 1.807) is 25.4 Å². The Morgan fingerprint density at radius 3 is 2.08 bits per heavy atom. The van der Waals surface area contributed by atoms with Crippen LogP contribution < -0.4 is 20.9 Å². The summed E-state index contributed by atoms with van der Waals surface area (Å²) in [5, 5.41) is 22.2. The molecule has 1 aliphatic rings. The van der Waals surface area contributed by atoms with E-state index in [0.29, 0.717) is 5.69 Å². The number of hydrogen-bond acceptors (Lipinski definition) is 6. The summed E-state index contributed by atoms with van der Waals surface area (Å²) in [4.78, 5) is 14.5. The van der Waals surface area contributed by atoms with Gasteiger partial charge in [0.2, 0.25) is 0 Å². The SMILES string of the molecule is Cn1ccc(C(=O)Nc2ccc(Nc3ccc(Nc4ccc(N5CCC(O)CC5)cc4)cc3F)c(F)c2)n1. The number of anilines is 6. The third-order valence-electron chi connectivity index (χ3n) is 6.40. The van der Waals surface area contributed by atoms with Gasteiger partial charge in [-0.2, -0.15) is 5.10 Å². The smallest absolute Gasteiger partial charge is 0.276 e. The fourth-order valence-corrected chi connectivity index (χ4v) is 4.31. The minimum atomic E-state index is -0.645. The second kappa shape index (κ2) is 10.9. The number of piperidine rings is 1. The molecule has 0 aliphatic carbocycles. The first-order valence-electron chi connectivity index (χ1n) is 12.3. The van der Waals surface area contributed by atoms with E-state index in [1.165, 1.54) is 28.9 Å². The van der Waals surface area contributed by atoms with Gasteiger partial charge in [-0.1, -0.05) is 0 Å². The number of aromatic nitrogens is 2. The highest BCUT2D eigenvalue weighted by molar-refractivity contribution is 6.02. The third-order valence-corrected chi connectivity index (χ3v) is 6.40. The molecule has 1 saturated heterocycles. The van der Waals surface area contributed by atoms with Crippen molar-refractivity contribution < 1.29 is 18.7 Å². The molecule has 8 nitrogen and oxygen atoms in total. The van der Waals surface area contributed by atoms with Gasteiger partial charge in [0.15, 0.2) is 5.69 Å². The van der Waals surface area contributed by atoms with Crippen molar-refractivity contribution in [3.8, 4) is 0 Å². The fraction of sp³-hybridized carbons (Fsp3) is 0.214. The Hall–Kier alpha value is -4.44. The summed E-state index contributed by atoms with van der Waals surface area (Å²) in [5.74, 6) is -1.65. The van der Waals surface area contributed by atoms with E-state index in [1.807, 2.05) is 24.3 Å². The average Bonchev–Trinajstić information content (AvgIpc) is 3.34. The summed E-state index contributed by atoms with van der Waals surface area (Å²) in [5.41, 5.74) is 3.09. The number of halogens is 2. The van der Waals surface area contributed by atoms with Crippen molar-refractivity contribution in [3.63, 3.8) is 0 Å². The topological polar surface area (TPSA) is 94.5 Å². The number of hydrogen-bond donors (Lipinski definition) is 4. The molecule has 0 unspecified atom stereocenters. The molecule has 2 heterocycles. The van der Waals surface area contributed by atoms with Gasteiger partial charge in [0.05, 0.1) is 17.5 Å².